The Bertz CT molecular complexity index is 1470. The van der Waals surface area contributed by atoms with E-state index in [0.717, 1.165) is 12.0 Å². The highest BCUT2D eigenvalue weighted by atomic mass is 19.4. The van der Waals surface area contributed by atoms with Gasteiger partial charge >= 0.3 is 6.18 Å². The number of aromatic nitrogens is 5. The molecule has 5 heterocycles. The van der Waals surface area contributed by atoms with Crippen LogP contribution in [0.15, 0.2) is 41.7 Å². The zero-order chi connectivity index (χ0) is 28.3. The second-order valence-electron chi connectivity index (χ2n) is 9.30. The number of ether oxygens (including phenoxy) is 1. The summed E-state index contributed by atoms with van der Waals surface area (Å²) < 4.78 is 46.5. The van der Waals surface area contributed by atoms with E-state index in [0.29, 0.717) is 51.1 Å². The maximum atomic E-state index is 13.6. The minimum atomic E-state index is -4.84. The largest absolute Gasteiger partial charge is 0.474 e. The summed E-state index contributed by atoms with van der Waals surface area (Å²) in [5, 5.41) is 14.3. The van der Waals surface area contributed by atoms with Crippen LogP contribution in [0.25, 0.3) is 0 Å². The average molecular weight is 556 g/mol. The highest BCUT2D eigenvalue weighted by Gasteiger charge is 2.40. The van der Waals surface area contributed by atoms with Crippen molar-refractivity contribution in [2.45, 2.75) is 25.1 Å². The third-order valence-corrected chi connectivity index (χ3v) is 6.83. The fourth-order valence-corrected chi connectivity index (χ4v) is 4.85. The molecule has 1 amide bonds. The summed E-state index contributed by atoms with van der Waals surface area (Å²) in [5.74, 6) is 0.468. The highest BCUT2D eigenvalue weighted by Crippen LogP contribution is 2.36. The van der Waals surface area contributed by atoms with E-state index in [2.05, 4.69) is 20.1 Å². The molecule has 15 heteroatoms. The molecule has 1 N–H and O–H groups in total. The molecular formula is C25H24F3N9O3. The van der Waals surface area contributed by atoms with Crippen molar-refractivity contribution in [2.24, 2.45) is 0 Å². The lowest BCUT2D eigenvalue weighted by Crippen LogP contribution is -2.49. The van der Waals surface area contributed by atoms with Crippen molar-refractivity contribution in [3.05, 3.63) is 64.1 Å². The number of carbonyl (C=O) groups excluding carboxylic acids is 1. The molecule has 0 unspecified atom stereocenters. The lowest BCUT2D eigenvalue weighted by atomic mass is 10.2. The molecular weight excluding hydrogens is 531 g/mol. The number of carbonyl (C=O) groups is 1. The average Bonchev–Trinajstić information content (AvgIpc) is 3.44. The van der Waals surface area contributed by atoms with Gasteiger partial charge in [-0.1, -0.05) is 0 Å². The second-order valence-corrected chi connectivity index (χ2v) is 9.30. The molecule has 40 heavy (non-hydrogen) atoms. The van der Waals surface area contributed by atoms with E-state index in [1.54, 1.807) is 17.0 Å². The molecule has 0 bridgehead atoms. The van der Waals surface area contributed by atoms with Crippen LogP contribution in [-0.4, -0.2) is 81.3 Å². The fraction of sp³-hybridized carbons (Fsp3) is 0.400. The first-order chi connectivity index (χ1) is 19.2. The number of nitriles is 1. The van der Waals surface area contributed by atoms with Crippen LogP contribution in [0.2, 0.25) is 0 Å². The van der Waals surface area contributed by atoms with Gasteiger partial charge in [0.2, 0.25) is 5.88 Å². The minimum Gasteiger partial charge on any atom is -0.474 e. The SMILES string of the molecule is N#Cc1ccc(N2CCN(C(=O)c3cncc(OC[C@@H]4CCCN4c4cn[nH]c(=O)c4C(F)(F)F)n3)CC2)nc1. The molecule has 1 atom stereocenters. The molecule has 2 aliphatic rings. The van der Waals surface area contributed by atoms with E-state index in [9.17, 15) is 22.8 Å². The van der Waals surface area contributed by atoms with E-state index in [1.807, 2.05) is 16.1 Å². The summed E-state index contributed by atoms with van der Waals surface area (Å²) in [4.78, 5) is 42.8. The normalized spacial score (nSPS) is 17.6. The molecule has 3 aromatic rings. The van der Waals surface area contributed by atoms with Gasteiger partial charge in [-0.05, 0) is 25.0 Å². The number of amides is 1. The third-order valence-electron chi connectivity index (χ3n) is 6.83. The monoisotopic (exact) mass is 555 g/mol. The number of pyridine rings is 1. The van der Waals surface area contributed by atoms with Crippen molar-refractivity contribution in [2.75, 3.05) is 49.1 Å². The van der Waals surface area contributed by atoms with E-state index >= 15 is 0 Å². The summed E-state index contributed by atoms with van der Waals surface area (Å²) in [6, 6.07) is 5.03. The Morgan fingerprint density at radius 1 is 1.12 bits per heavy atom. The lowest BCUT2D eigenvalue weighted by molar-refractivity contribution is -0.138. The van der Waals surface area contributed by atoms with Crippen LogP contribution in [-0.2, 0) is 6.18 Å². The summed E-state index contributed by atoms with van der Waals surface area (Å²) in [6.45, 7) is 2.22. The van der Waals surface area contributed by atoms with Gasteiger partial charge in [0.05, 0.1) is 35.9 Å². The van der Waals surface area contributed by atoms with Crippen molar-refractivity contribution in [1.29, 1.82) is 5.26 Å². The number of anilines is 2. The standard InChI is InChI=1S/C25H24F3N9O3/c26-25(27,28)22-19(13-32-34-23(22)38)37-5-1-2-17(37)15-40-21-14-30-12-18(33-21)24(39)36-8-6-35(7-9-36)20-4-3-16(10-29)11-31-20/h3-4,11-14,17H,1-2,5-9,15H2,(H,34,38)/t17-/m0/s1. The van der Waals surface area contributed by atoms with Gasteiger partial charge in [-0.3, -0.25) is 14.6 Å². The molecule has 208 valence electrons. The van der Waals surface area contributed by atoms with E-state index in [1.165, 1.54) is 23.5 Å². The topological polar surface area (TPSA) is 144 Å². The number of halogens is 3. The number of hydrogen-bond donors (Lipinski definition) is 1. The van der Waals surface area contributed by atoms with Crippen molar-refractivity contribution >= 4 is 17.4 Å². The van der Waals surface area contributed by atoms with Crippen LogP contribution >= 0.6 is 0 Å². The van der Waals surface area contributed by atoms with Gasteiger partial charge in [-0.25, -0.2) is 15.1 Å². The van der Waals surface area contributed by atoms with Crippen LogP contribution < -0.4 is 20.1 Å². The molecule has 12 nitrogen and oxygen atoms in total. The van der Waals surface area contributed by atoms with Crippen LogP contribution in [0.3, 0.4) is 0 Å². The van der Waals surface area contributed by atoms with Crippen molar-refractivity contribution in [3.8, 4) is 11.9 Å². The van der Waals surface area contributed by atoms with Gasteiger partial charge in [0.25, 0.3) is 11.5 Å². The predicted molar refractivity (Wildman–Crippen MR) is 135 cm³/mol. The Morgan fingerprint density at radius 2 is 1.93 bits per heavy atom. The van der Waals surface area contributed by atoms with Crippen LogP contribution in [0, 0.1) is 11.3 Å². The van der Waals surface area contributed by atoms with E-state index in [-0.39, 0.29) is 29.8 Å². The van der Waals surface area contributed by atoms with Gasteiger partial charge in [0, 0.05) is 38.9 Å². The maximum absolute atomic E-state index is 13.6. The van der Waals surface area contributed by atoms with Crippen LogP contribution in [0.4, 0.5) is 24.7 Å². The third kappa shape index (κ3) is 5.65. The Balaban J connectivity index is 1.21. The molecule has 0 aliphatic carbocycles. The highest BCUT2D eigenvalue weighted by molar-refractivity contribution is 5.92. The first kappa shape index (κ1) is 26.9. The summed E-state index contributed by atoms with van der Waals surface area (Å²) in [6.07, 6.45) is 1.47. The van der Waals surface area contributed by atoms with Gasteiger partial charge in [0.15, 0.2) is 5.69 Å². The number of aromatic amines is 1. The van der Waals surface area contributed by atoms with Gasteiger partial charge < -0.3 is 19.4 Å². The second kappa shape index (κ2) is 11.2. The molecule has 3 aromatic heterocycles. The zero-order valence-electron chi connectivity index (χ0n) is 21.1. The molecule has 2 aliphatic heterocycles. The van der Waals surface area contributed by atoms with Gasteiger partial charge in [-0.2, -0.15) is 23.5 Å². The number of nitrogens with one attached hydrogen (secondary N) is 1. The smallest absolute Gasteiger partial charge is 0.423 e. The molecule has 2 fully saturated rings. The number of hydrogen-bond acceptors (Lipinski definition) is 10. The van der Waals surface area contributed by atoms with Gasteiger partial charge in [0.1, 0.15) is 24.1 Å². The quantitative estimate of drug-likeness (QED) is 0.479. The Morgan fingerprint density at radius 3 is 2.62 bits per heavy atom. The number of H-pyrrole nitrogens is 1. The predicted octanol–water partition coefficient (Wildman–Crippen LogP) is 1.86. The maximum Gasteiger partial charge on any atom is 0.423 e. The molecule has 2 saturated heterocycles. The minimum absolute atomic E-state index is 0.0211. The summed E-state index contributed by atoms with van der Waals surface area (Å²) in [5.41, 5.74) is -2.34. The summed E-state index contributed by atoms with van der Waals surface area (Å²) >= 11 is 0. The van der Waals surface area contributed by atoms with E-state index < -0.39 is 23.3 Å². The summed E-state index contributed by atoms with van der Waals surface area (Å²) in [7, 11) is 0. The molecule has 0 saturated carbocycles. The lowest BCUT2D eigenvalue weighted by Gasteiger charge is -2.35. The molecule has 0 spiro atoms. The molecule has 0 radical (unpaired) electrons. The first-order valence-electron chi connectivity index (χ1n) is 12.5. The molecule has 5 rings (SSSR count). The number of alkyl halides is 3. The number of piperazine rings is 1. The van der Waals surface area contributed by atoms with Crippen molar-refractivity contribution < 1.29 is 22.7 Å². The Hall–Kier alpha value is -4.74. The van der Waals surface area contributed by atoms with E-state index in [4.69, 9.17) is 10.00 Å². The fourth-order valence-electron chi connectivity index (χ4n) is 4.85. The first-order valence-corrected chi connectivity index (χ1v) is 12.5. The van der Waals surface area contributed by atoms with Crippen LogP contribution in [0.1, 0.15) is 34.5 Å². The Labute approximate surface area is 226 Å². The van der Waals surface area contributed by atoms with Crippen molar-refractivity contribution in [1.82, 2.24) is 30.0 Å². The van der Waals surface area contributed by atoms with Crippen LogP contribution in [0.5, 0.6) is 5.88 Å². The zero-order valence-corrected chi connectivity index (χ0v) is 21.1. The van der Waals surface area contributed by atoms with Gasteiger partial charge in [-0.15, -0.1) is 0 Å². The number of rotatable bonds is 6. The molecule has 0 aromatic carbocycles. The Kier molecular flexibility index (Phi) is 7.50. The number of nitrogens with zero attached hydrogens (tertiary/aromatic N) is 8. The van der Waals surface area contributed by atoms with Crippen molar-refractivity contribution in [3.63, 3.8) is 0 Å².